The highest BCUT2D eigenvalue weighted by molar-refractivity contribution is 6.32. The number of ether oxygens (including phenoxy) is 2. The van der Waals surface area contributed by atoms with Gasteiger partial charge in [-0.3, -0.25) is 4.68 Å². The molecule has 0 bridgehead atoms. The molecule has 1 aliphatic rings. The third-order valence-electron chi connectivity index (χ3n) is 3.04. The van der Waals surface area contributed by atoms with Gasteiger partial charge in [-0.1, -0.05) is 11.6 Å². The minimum Gasteiger partial charge on any atom is -0.489 e. The maximum absolute atomic E-state index is 6.16. The van der Waals surface area contributed by atoms with Crippen LogP contribution in [-0.2, 0) is 7.05 Å². The van der Waals surface area contributed by atoms with Gasteiger partial charge in [-0.05, 0) is 12.1 Å². The normalized spacial score (nSPS) is 14.2. The Morgan fingerprint density at radius 1 is 1.26 bits per heavy atom. The Kier molecular flexibility index (Phi) is 2.98. The number of nitrogen functional groups attached to an aromatic ring is 1. The monoisotopic (exact) mass is 279 g/mol. The summed E-state index contributed by atoms with van der Waals surface area (Å²) < 4.78 is 13.0. The summed E-state index contributed by atoms with van der Waals surface area (Å²) in [5, 5.41) is 4.91. The van der Waals surface area contributed by atoms with Crippen molar-refractivity contribution in [2.24, 2.45) is 7.05 Å². The van der Waals surface area contributed by atoms with E-state index in [-0.39, 0.29) is 0 Å². The number of nitrogens with zero attached hydrogens (tertiary/aromatic N) is 2. The van der Waals surface area contributed by atoms with Crippen LogP contribution in [0.25, 0.3) is 11.3 Å². The predicted octanol–water partition coefficient (Wildman–Crippen LogP) is 2.48. The van der Waals surface area contributed by atoms with E-state index in [1.54, 1.807) is 23.9 Å². The van der Waals surface area contributed by atoms with Gasteiger partial charge in [-0.15, -0.1) is 0 Å². The van der Waals surface area contributed by atoms with Gasteiger partial charge >= 0.3 is 0 Å². The summed E-state index contributed by atoms with van der Waals surface area (Å²) in [4.78, 5) is 0. The SMILES string of the molecule is Cn1nc(-c2ccc(Cl)c3c2OCCCO3)cc1N. The van der Waals surface area contributed by atoms with Crippen LogP contribution in [-0.4, -0.2) is 23.0 Å². The molecule has 1 aliphatic heterocycles. The van der Waals surface area contributed by atoms with Crippen molar-refractivity contribution in [2.75, 3.05) is 18.9 Å². The van der Waals surface area contributed by atoms with E-state index < -0.39 is 0 Å². The fourth-order valence-corrected chi connectivity index (χ4v) is 2.24. The Bertz CT molecular complexity index is 605. The molecule has 5 nitrogen and oxygen atoms in total. The Morgan fingerprint density at radius 3 is 2.68 bits per heavy atom. The van der Waals surface area contributed by atoms with Gasteiger partial charge in [-0.25, -0.2) is 0 Å². The number of aryl methyl sites for hydroxylation is 1. The molecular weight excluding hydrogens is 266 g/mol. The molecule has 0 aliphatic carbocycles. The van der Waals surface area contributed by atoms with Gasteiger partial charge in [0.1, 0.15) is 5.82 Å². The molecule has 0 atom stereocenters. The van der Waals surface area contributed by atoms with E-state index in [0.29, 0.717) is 35.6 Å². The smallest absolute Gasteiger partial charge is 0.180 e. The zero-order valence-electron chi connectivity index (χ0n) is 10.5. The number of hydrogen-bond donors (Lipinski definition) is 1. The Morgan fingerprint density at radius 2 is 2.00 bits per heavy atom. The summed E-state index contributed by atoms with van der Waals surface area (Å²) in [6, 6.07) is 5.46. The lowest BCUT2D eigenvalue weighted by Crippen LogP contribution is -1.98. The van der Waals surface area contributed by atoms with Crippen LogP contribution < -0.4 is 15.2 Å². The molecule has 3 rings (SSSR count). The molecule has 0 spiro atoms. The summed E-state index contributed by atoms with van der Waals surface area (Å²) in [6.45, 7) is 1.20. The second kappa shape index (κ2) is 4.66. The second-order valence-electron chi connectivity index (χ2n) is 4.38. The van der Waals surface area contributed by atoms with Crippen LogP contribution in [0.4, 0.5) is 5.82 Å². The molecule has 100 valence electrons. The average Bonchev–Trinajstić information content (AvgIpc) is 2.62. The van der Waals surface area contributed by atoms with Crippen molar-refractivity contribution in [3.63, 3.8) is 0 Å². The van der Waals surface area contributed by atoms with Gasteiger partial charge in [0.25, 0.3) is 0 Å². The van der Waals surface area contributed by atoms with Crippen LogP contribution in [0.2, 0.25) is 5.02 Å². The molecule has 19 heavy (non-hydrogen) atoms. The summed E-state index contributed by atoms with van der Waals surface area (Å²) in [5.74, 6) is 1.82. The fraction of sp³-hybridized carbons (Fsp3) is 0.308. The molecule has 0 fully saturated rings. The van der Waals surface area contributed by atoms with Crippen LogP contribution in [0.5, 0.6) is 11.5 Å². The summed E-state index contributed by atoms with van der Waals surface area (Å²) in [5.41, 5.74) is 7.41. The first-order valence-electron chi connectivity index (χ1n) is 6.05. The quantitative estimate of drug-likeness (QED) is 0.871. The molecule has 2 N–H and O–H groups in total. The van der Waals surface area contributed by atoms with Gasteiger partial charge in [0.05, 0.1) is 23.9 Å². The van der Waals surface area contributed by atoms with Crippen molar-refractivity contribution < 1.29 is 9.47 Å². The van der Waals surface area contributed by atoms with Crippen LogP contribution >= 0.6 is 11.6 Å². The van der Waals surface area contributed by atoms with Crippen molar-refractivity contribution in [1.82, 2.24) is 9.78 Å². The zero-order valence-corrected chi connectivity index (χ0v) is 11.3. The van der Waals surface area contributed by atoms with Gasteiger partial charge in [0.15, 0.2) is 11.5 Å². The van der Waals surface area contributed by atoms with E-state index in [2.05, 4.69) is 5.10 Å². The van der Waals surface area contributed by atoms with Gasteiger partial charge in [0.2, 0.25) is 0 Å². The fourth-order valence-electron chi connectivity index (χ4n) is 2.04. The van der Waals surface area contributed by atoms with E-state index in [9.17, 15) is 0 Å². The Labute approximate surface area is 115 Å². The third kappa shape index (κ3) is 2.10. The van der Waals surface area contributed by atoms with Crippen molar-refractivity contribution >= 4 is 17.4 Å². The second-order valence-corrected chi connectivity index (χ2v) is 4.79. The molecule has 1 aromatic heterocycles. The van der Waals surface area contributed by atoms with E-state index in [0.717, 1.165) is 17.7 Å². The highest BCUT2D eigenvalue weighted by Gasteiger charge is 2.20. The number of anilines is 1. The molecule has 2 aromatic rings. The molecule has 0 saturated heterocycles. The maximum atomic E-state index is 6.16. The standard InChI is InChI=1S/C13H14ClN3O2/c1-17-11(15)7-10(16-17)8-3-4-9(14)13-12(8)18-5-2-6-19-13/h3-4,7H,2,5-6,15H2,1H3. The first-order valence-corrected chi connectivity index (χ1v) is 6.42. The lowest BCUT2D eigenvalue weighted by Gasteiger charge is -2.12. The predicted molar refractivity (Wildman–Crippen MR) is 73.7 cm³/mol. The third-order valence-corrected chi connectivity index (χ3v) is 3.34. The number of nitrogens with two attached hydrogens (primary N) is 1. The van der Waals surface area contributed by atoms with Gasteiger partial charge < -0.3 is 15.2 Å². The summed E-state index contributed by atoms with van der Waals surface area (Å²) in [7, 11) is 1.80. The van der Waals surface area contributed by atoms with Gasteiger partial charge in [-0.2, -0.15) is 5.10 Å². The number of benzene rings is 1. The molecule has 0 unspecified atom stereocenters. The Balaban J connectivity index is 2.16. The first kappa shape index (κ1) is 12.2. The van der Waals surface area contributed by atoms with Crippen LogP contribution in [0.15, 0.2) is 18.2 Å². The molecule has 6 heteroatoms. The highest BCUT2D eigenvalue weighted by Crippen LogP contribution is 2.43. The molecule has 1 aromatic carbocycles. The number of halogens is 1. The molecular formula is C13H14ClN3O2. The Hall–Kier alpha value is -1.88. The van der Waals surface area contributed by atoms with Gasteiger partial charge in [0, 0.05) is 25.1 Å². The van der Waals surface area contributed by atoms with Crippen LogP contribution in [0, 0.1) is 0 Å². The van der Waals surface area contributed by atoms with E-state index >= 15 is 0 Å². The topological polar surface area (TPSA) is 62.3 Å². The number of fused-ring (bicyclic) bond motifs is 1. The lowest BCUT2D eigenvalue weighted by atomic mass is 10.1. The van der Waals surface area contributed by atoms with E-state index in [4.69, 9.17) is 26.8 Å². The molecule has 0 saturated carbocycles. The molecule has 2 heterocycles. The van der Waals surface area contributed by atoms with Crippen molar-refractivity contribution in [3.05, 3.63) is 23.2 Å². The van der Waals surface area contributed by atoms with E-state index in [1.807, 2.05) is 6.07 Å². The molecule has 0 radical (unpaired) electrons. The summed E-state index contributed by atoms with van der Waals surface area (Å²) >= 11 is 6.16. The van der Waals surface area contributed by atoms with E-state index in [1.165, 1.54) is 0 Å². The highest BCUT2D eigenvalue weighted by atomic mass is 35.5. The first-order chi connectivity index (χ1) is 9.16. The van der Waals surface area contributed by atoms with Crippen molar-refractivity contribution in [1.29, 1.82) is 0 Å². The minimum atomic E-state index is 0.546. The lowest BCUT2D eigenvalue weighted by molar-refractivity contribution is 0.297. The van der Waals surface area contributed by atoms with Crippen molar-refractivity contribution in [3.8, 4) is 22.8 Å². The van der Waals surface area contributed by atoms with Crippen molar-refractivity contribution in [2.45, 2.75) is 6.42 Å². The zero-order chi connectivity index (χ0) is 13.4. The minimum absolute atomic E-state index is 0.546. The number of hydrogen-bond acceptors (Lipinski definition) is 4. The van der Waals surface area contributed by atoms with Crippen LogP contribution in [0.3, 0.4) is 0 Å². The van der Waals surface area contributed by atoms with Crippen LogP contribution in [0.1, 0.15) is 6.42 Å². The number of rotatable bonds is 1. The molecule has 0 amide bonds. The maximum Gasteiger partial charge on any atom is 0.180 e. The largest absolute Gasteiger partial charge is 0.489 e. The number of aromatic nitrogens is 2. The average molecular weight is 280 g/mol. The summed E-state index contributed by atoms with van der Waals surface area (Å²) in [6.07, 6.45) is 0.828.